The second kappa shape index (κ2) is 13.3. The van der Waals surface area contributed by atoms with Gasteiger partial charge < -0.3 is 29.3 Å². The van der Waals surface area contributed by atoms with Gasteiger partial charge in [0.1, 0.15) is 17.3 Å². The van der Waals surface area contributed by atoms with Gasteiger partial charge in [0.2, 0.25) is 5.76 Å². The van der Waals surface area contributed by atoms with Crippen LogP contribution < -0.4 is 20.1 Å². The van der Waals surface area contributed by atoms with Crippen LogP contribution in [0.15, 0.2) is 71.3 Å². The number of furan rings is 1. The molecular formula is C30H28FN3O8. The Morgan fingerprint density at radius 2 is 1.88 bits per heavy atom. The Morgan fingerprint density at radius 3 is 2.57 bits per heavy atom. The smallest absolute Gasteiger partial charge is 0.373 e. The fraction of sp³-hybridized carbons (Fsp3) is 0.200. The van der Waals surface area contributed by atoms with E-state index in [2.05, 4.69) is 21.9 Å². The lowest BCUT2D eigenvalue weighted by Gasteiger charge is -2.17. The number of hydrogen-bond donors (Lipinski definition) is 2. The Kier molecular flexibility index (Phi) is 9.38. The maximum Gasteiger partial charge on any atom is 0.373 e. The van der Waals surface area contributed by atoms with Gasteiger partial charge in [0.05, 0.1) is 20.3 Å². The Hall–Kier alpha value is -5.39. The lowest BCUT2D eigenvalue weighted by Crippen LogP contribution is -2.30. The van der Waals surface area contributed by atoms with E-state index < -0.39 is 29.6 Å². The molecule has 1 aromatic heterocycles. The summed E-state index contributed by atoms with van der Waals surface area (Å²) in [5.41, 5.74) is 1.57. The first-order chi connectivity index (χ1) is 20.2. The minimum absolute atomic E-state index is 0.0130. The minimum Gasteiger partial charge on any atom is -0.490 e. The van der Waals surface area contributed by atoms with E-state index in [1.165, 1.54) is 49.6 Å². The van der Waals surface area contributed by atoms with Crippen LogP contribution in [0.2, 0.25) is 0 Å². The molecule has 218 valence electrons. The van der Waals surface area contributed by atoms with Crippen LogP contribution in [-0.4, -0.2) is 49.0 Å². The maximum atomic E-state index is 13.2. The number of rotatable bonds is 12. The standard InChI is InChI=1S/C30H28FN3O8/c1-4-6-19-13-18(14-23-28(36)34(30(38)33-23)16-22-11-12-24(42-22)29(37)39-3)15-25(40-5-2)27(19)41-17-26(35)32-21-9-7-20(31)8-10-21/h4,7-15H,1,5-6,16-17H2,2-3H3,(H,32,35)(H,33,38)/b23-14-. The van der Waals surface area contributed by atoms with Gasteiger partial charge in [-0.15, -0.1) is 6.58 Å². The van der Waals surface area contributed by atoms with Crippen LogP contribution in [0.1, 0.15) is 34.4 Å². The van der Waals surface area contributed by atoms with Crippen molar-refractivity contribution in [1.82, 2.24) is 10.2 Å². The van der Waals surface area contributed by atoms with Gasteiger partial charge in [-0.25, -0.2) is 14.0 Å². The number of ether oxygens (including phenoxy) is 3. The van der Waals surface area contributed by atoms with E-state index >= 15 is 0 Å². The fourth-order valence-corrected chi connectivity index (χ4v) is 4.08. The zero-order valence-electron chi connectivity index (χ0n) is 22.9. The molecule has 0 aliphatic carbocycles. The van der Waals surface area contributed by atoms with E-state index in [-0.39, 0.29) is 37.0 Å². The van der Waals surface area contributed by atoms with Crippen LogP contribution >= 0.6 is 0 Å². The predicted molar refractivity (Wildman–Crippen MR) is 149 cm³/mol. The third-order valence-corrected chi connectivity index (χ3v) is 5.93. The summed E-state index contributed by atoms with van der Waals surface area (Å²) in [4.78, 5) is 50.7. The Bertz CT molecular complexity index is 1540. The molecule has 0 radical (unpaired) electrons. The van der Waals surface area contributed by atoms with Crippen molar-refractivity contribution in [2.24, 2.45) is 0 Å². The third-order valence-electron chi connectivity index (χ3n) is 5.93. The molecule has 1 aliphatic rings. The molecule has 0 spiro atoms. The summed E-state index contributed by atoms with van der Waals surface area (Å²) < 4.78 is 34.7. The Labute approximate surface area is 240 Å². The van der Waals surface area contributed by atoms with Crippen LogP contribution in [0.3, 0.4) is 0 Å². The molecule has 4 amide bonds. The predicted octanol–water partition coefficient (Wildman–Crippen LogP) is 4.44. The molecule has 12 heteroatoms. The highest BCUT2D eigenvalue weighted by atomic mass is 19.1. The molecule has 3 aromatic rings. The molecule has 0 bridgehead atoms. The molecule has 4 rings (SSSR count). The van der Waals surface area contributed by atoms with Crippen LogP contribution in [0, 0.1) is 5.82 Å². The van der Waals surface area contributed by atoms with Gasteiger partial charge in [0.15, 0.2) is 18.1 Å². The van der Waals surface area contributed by atoms with Gasteiger partial charge in [-0.1, -0.05) is 6.08 Å². The summed E-state index contributed by atoms with van der Waals surface area (Å²) in [6.07, 6.45) is 3.48. The number of benzene rings is 2. The molecule has 2 N–H and O–H groups in total. The zero-order chi connectivity index (χ0) is 30.2. The van der Waals surface area contributed by atoms with E-state index in [1.54, 1.807) is 25.1 Å². The van der Waals surface area contributed by atoms with Crippen LogP contribution in [-0.2, 0) is 27.3 Å². The number of carbonyl (C=O) groups excluding carboxylic acids is 4. The molecule has 1 aliphatic heterocycles. The number of nitrogens with one attached hydrogen (secondary N) is 2. The van der Waals surface area contributed by atoms with Gasteiger partial charge in [-0.2, -0.15) is 0 Å². The van der Waals surface area contributed by atoms with E-state index in [9.17, 15) is 23.6 Å². The number of allylic oxidation sites excluding steroid dienone is 1. The molecule has 2 aromatic carbocycles. The first-order valence-corrected chi connectivity index (χ1v) is 12.8. The van der Waals surface area contributed by atoms with Crippen molar-refractivity contribution in [3.63, 3.8) is 0 Å². The van der Waals surface area contributed by atoms with Crippen molar-refractivity contribution < 1.29 is 42.2 Å². The number of amides is 4. The summed E-state index contributed by atoms with van der Waals surface area (Å²) in [5, 5.41) is 5.17. The minimum atomic E-state index is -0.680. The largest absolute Gasteiger partial charge is 0.490 e. The van der Waals surface area contributed by atoms with E-state index in [0.29, 0.717) is 34.7 Å². The molecule has 0 unspecified atom stereocenters. The van der Waals surface area contributed by atoms with Crippen LogP contribution in [0.5, 0.6) is 11.5 Å². The van der Waals surface area contributed by atoms with E-state index in [4.69, 9.17) is 13.9 Å². The van der Waals surface area contributed by atoms with Crippen molar-refractivity contribution in [2.45, 2.75) is 19.9 Å². The van der Waals surface area contributed by atoms with Crippen LogP contribution in [0.4, 0.5) is 14.9 Å². The molecule has 1 saturated heterocycles. The van der Waals surface area contributed by atoms with Gasteiger partial charge in [0, 0.05) is 11.3 Å². The second-order valence-corrected chi connectivity index (χ2v) is 8.91. The summed E-state index contributed by atoms with van der Waals surface area (Å²) >= 11 is 0. The van der Waals surface area contributed by atoms with E-state index in [0.717, 1.165) is 4.90 Å². The van der Waals surface area contributed by atoms with Crippen LogP contribution in [0.25, 0.3) is 6.08 Å². The summed E-state index contributed by atoms with van der Waals surface area (Å²) in [5.74, 6) is -1.37. The highest BCUT2D eigenvalue weighted by molar-refractivity contribution is 6.13. The normalized spacial score (nSPS) is 13.6. The molecule has 2 heterocycles. The zero-order valence-corrected chi connectivity index (χ0v) is 22.9. The highest BCUT2D eigenvalue weighted by Crippen LogP contribution is 2.35. The number of methoxy groups -OCH3 is 1. The SMILES string of the molecule is C=CCc1cc(/C=C2\NC(=O)N(Cc3ccc(C(=O)OC)o3)C2=O)cc(OCC)c1OCC(=O)Nc1ccc(F)cc1. The number of anilines is 1. The number of nitrogens with zero attached hydrogens (tertiary/aromatic N) is 1. The topological polar surface area (TPSA) is 136 Å². The van der Waals surface area contributed by atoms with Gasteiger partial charge in [0.25, 0.3) is 11.8 Å². The number of esters is 1. The quantitative estimate of drug-likeness (QED) is 0.140. The second-order valence-electron chi connectivity index (χ2n) is 8.91. The summed E-state index contributed by atoms with van der Waals surface area (Å²) in [7, 11) is 1.21. The Morgan fingerprint density at radius 1 is 1.12 bits per heavy atom. The lowest BCUT2D eigenvalue weighted by molar-refractivity contribution is -0.123. The van der Waals surface area contributed by atoms with Gasteiger partial charge >= 0.3 is 12.0 Å². The number of halogens is 1. The number of urea groups is 1. The Balaban J connectivity index is 1.53. The summed E-state index contributed by atoms with van der Waals surface area (Å²) in [6.45, 7) is 5.29. The maximum absolute atomic E-state index is 13.2. The van der Waals surface area contributed by atoms with Crippen molar-refractivity contribution in [3.05, 3.63) is 95.3 Å². The molecular weight excluding hydrogens is 549 g/mol. The average molecular weight is 578 g/mol. The number of imide groups is 1. The third kappa shape index (κ3) is 7.02. The molecule has 42 heavy (non-hydrogen) atoms. The molecule has 0 atom stereocenters. The lowest BCUT2D eigenvalue weighted by atomic mass is 10.0. The fourth-order valence-electron chi connectivity index (χ4n) is 4.08. The first kappa shape index (κ1) is 29.6. The van der Waals surface area contributed by atoms with Gasteiger partial charge in [-0.05, 0) is 73.5 Å². The highest BCUT2D eigenvalue weighted by Gasteiger charge is 2.34. The number of carbonyl (C=O) groups is 4. The van der Waals surface area contributed by atoms with Crippen molar-refractivity contribution in [2.75, 3.05) is 25.6 Å². The van der Waals surface area contributed by atoms with Crippen molar-refractivity contribution >= 4 is 35.6 Å². The summed E-state index contributed by atoms with van der Waals surface area (Å²) in [6, 6.07) is 10.9. The van der Waals surface area contributed by atoms with Gasteiger partial charge in [-0.3, -0.25) is 14.5 Å². The number of hydrogen-bond acceptors (Lipinski definition) is 8. The first-order valence-electron chi connectivity index (χ1n) is 12.8. The molecule has 0 saturated carbocycles. The molecule has 11 nitrogen and oxygen atoms in total. The average Bonchev–Trinajstić information content (AvgIpc) is 3.54. The van der Waals surface area contributed by atoms with Crippen molar-refractivity contribution in [1.29, 1.82) is 0 Å². The molecule has 1 fully saturated rings. The monoisotopic (exact) mass is 577 g/mol. The van der Waals surface area contributed by atoms with Crippen molar-refractivity contribution in [3.8, 4) is 11.5 Å². The van der Waals surface area contributed by atoms with E-state index in [1.807, 2.05) is 0 Å².